The number of anilines is 2. The second-order valence-electron chi connectivity index (χ2n) is 5.01. The summed E-state index contributed by atoms with van der Waals surface area (Å²) in [7, 11) is 0. The minimum absolute atomic E-state index is 0.903. The van der Waals surface area contributed by atoms with Gasteiger partial charge in [0.1, 0.15) is 0 Å². The van der Waals surface area contributed by atoms with E-state index >= 15 is 0 Å². The van der Waals surface area contributed by atoms with E-state index < -0.39 is 0 Å². The van der Waals surface area contributed by atoms with E-state index in [1.54, 1.807) is 0 Å². The molecular weight excluding hydrogens is 234 g/mol. The number of benzene rings is 2. The van der Waals surface area contributed by atoms with Gasteiger partial charge in [-0.15, -0.1) is 0 Å². The van der Waals surface area contributed by atoms with Crippen molar-refractivity contribution in [2.45, 2.75) is 32.6 Å². The van der Waals surface area contributed by atoms with E-state index in [9.17, 15) is 0 Å². The van der Waals surface area contributed by atoms with Gasteiger partial charge in [0.05, 0.1) is 11.4 Å². The number of ether oxygens (including phenoxy) is 1. The minimum Gasteiger partial charge on any atom is -0.453 e. The maximum Gasteiger partial charge on any atom is 0.151 e. The molecule has 1 aliphatic rings. The van der Waals surface area contributed by atoms with Crippen LogP contribution in [0.25, 0.3) is 0 Å². The van der Waals surface area contributed by atoms with Crippen molar-refractivity contribution in [3.05, 3.63) is 48.0 Å². The standard InChI is InChI=1S/C17H19NO/c1-2-3-4-7-13-10-11-15-17(12-13)19-16-9-6-5-8-14(16)18-15/h5-6,8-12,18H,2-4,7H2,1H3. The Morgan fingerprint density at radius 2 is 1.79 bits per heavy atom. The second-order valence-corrected chi connectivity index (χ2v) is 5.01. The fraction of sp³-hybridized carbons (Fsp3) is 0.294. The zero-order chi connectivity index (χ0) is 13.1. The summed E-state index contributed by atoms with van der Waals surface area (Å²) in [6.45, 7) is 2.23. The molecule has 2 aromatic rings. The van der Waals surface area contributed by atoms with Crippen LogP contribution in [0, 0.1) is 0 Å². The maximum absolute atomic E-state index is 5.96. The zero-order valence-corrected chi connectivity index (χ0v) is 11.3. The van der Waals surface area contributed by atoms with E-state index in [4.69, 9.17) is 4.74 Å². The number of nitrogens with one attached hydrogen (secondary N) is 1. The molecular formula is C17H19NO. The molecule has 2 heteroatoms. The molecule has 0 fully saturated rings. The highest BCUT2D eigenvalue weighted by Gasteiger charge is 2.15. The van der Waals surface area contributed by atoms with Crippen molar-refractivity contribution in [2.75, 3.05) is 5.32 Å². The third-order valence-electron chi connectivity index (χ3n) is 3.49. The molecule has 0 bridgehead atoms. The van der Waals surface area contributed by atoms with Gasteiger partial charge in [-0.25, -0.2) is 0 Å². The van der Waals surface area contributed by atoms with Crippen molar-refractivity contribution in [2.24, 2.45) is 0 Å². The highest BCUT2D eigenvalue weighted by molar-refractivity contribution is 5.75. The Hall–Kier alpha value is -1.96. The van der Waals surface area contributed by atoms with Crippen LogP contribution in [0.5, 0.6) is 11.5 Å². The van der Waals surface area contributed by atoms with Gasteiger partial charge >= 0.3 is 0 Å². The highest BCUT2D eigenvalue weighted by atomic mass is 16.5. The first-order valence-corrected chi connectivity index (χ1v) is 7.03. The number of aryl methyl sites for hydroxylation is 1. The van der Waals surface area contributed by atoms with Gasteiger partial charge < -0.3 is 10.1 Å². The number of unbranched alkanes of at least 4 members (excludes halogenated alkanes) is 2. The average molecular weight is 253 g/mol. The topological polar surface area (TPSA) is 21.3 Å². The molecule has 0 aromatic heterocycles. The quantitative estimate of drug-likeness (QED) is 0.640. The Bertz CT molecular complexity index is 577. The minimum atomic E-state index is 0.903. The fourth-order valence-corrected chi connectivity index (χ4v) is 2.41. The van der Waals surface area contributed by atoms with Gasteiger partial charge in [-0.1, -0.05) is 38.0 Å². The van der Waals surface area contributed by atoms with Gasteiger partial charge in [0.25, 0.3) is 0 Å². The van der Waals surface area contributed by atoms with Crippen molar-refractivity contribution in [3.63, 3.8) is 0 Å². The predicted octanol–water partition coefficient (Wildman–Crippen LogP) is 5.27. The van der Waals surface area contributed by atoms with Crippen LogP contribution in [-0.2, 0) is 6.42 Å². The van der Waals surface area contributed by atoms with E-state index in [0.29, 0.717) is 0 Å². The lowest BCUT2D eigenvalue weighted by Crippen LogP contribution is -2.03. The van der Waals surface area contributed by atoms with Gasteiger partial charge in [0.15, 0.2) is 11.5 Å². The van der Waals surface area contributed by atoms with Crippen LogP contribution in [0.2, 0.25) is 0 Å². The van der Waals surface area contributed by atoms with Crippen LogP contribution in [0.15, 0.2) is 42.5 Å². The van der Waals surface area contributed by atoms with Gasteiger partial charge in [0, 0.05) is 0 Å². The Labute approximate surface area is 114 Å². The number of para-hydroxylation sites is 2. The maximum atomic E-state index is 5.96. The lowest BCUT2D eigenvalue weighted by molar-refractivity contribution is 0.480. The smallest absolute Gasteiger partial charge is 0.151 e. The Morgan fingerprint density at radius 1 is 0.947 bits per heavy atom. The molecule has 3 rings (SSSR count). The van der Waals surface area contributed by atoms with Crippen LogP contribution < -0.4 is 10.1 Å². The van der Waals surface area contributed by atoms with E-state index in [2.05, 4.69) is 30.4 Å². The SMILES string of the molecule is CCCCCc1ccc2c(c1)Oc1ccccc1N2. The van der Waals surface area contributed by atoms with E-state index in [-0.39, 0.29) is 0 Å². The molecule has 1 N–H and O–H groups in total. The Balaban J connectivity index is 1.80. The monoisotopic (exact) mass is 253 g/mol. The molecule has 0 spiro atoms. The molecule has 0 aliphatic carbocycles. The lowest BCUT2D eigenvalue weighted by Gasteiger charge is -2.22. The molecule has 0 amide bonds. The first kappa shape index (κ1) is 12.1. The third kappa shape index (κ3) is 2.58. The molecule has 0 saturated carbocycles. The summed E-state index contributed by atoms with van der Waals surface area (Å²) >= 11 is 0. The largest absolute Gasteiger partial charge is 0.453 e. The second kappa shape index (κ2) is 5.35. The molecule has 0 atom stereocenters. The van der Waals surface area contributed by atoms with Crippen molar-refractivity contribution in [1.82, 2.24) is 0 Å². The molecule has 2 aromatic carbocycles. The molecule has 19 heavy (non-hydrogen) atoms. The summed E-state index contributed by atoms with van der Waals surface area (Å²) in [5, 5.41) is 3.41. The van der Waals surface area contributed by atoms with Gasteiger partial charge in [-0.05, 0) is 42.7 Å². The number of fused-ring (bicyclic) bond motifs is 2. The predicted molar refractivity (Wildman–Crippen MR) is 79.5 cm³/mol. The lowest BCUT2D eigenvalue weighted by atomic mass is 10.1. The highest BCUT2D eigenvalue weighted by Crippen LogP contribution is 2.41. The first-order chi connectivity index (χ1) is 9.36. The van der Waals surface area contributed by atoms with Crippen LogP contribution in [-0.4, -0.2) is 0 Å². The first-order valence-electron chi connectivity index (χ1n) is 7.03. The van der Waals surface area contributed by atoms with Crippen molar-refractivity contribution >= 4 is 11.4 Å². The number of rotatable bonds is 4. The van der Waals surface area contributed by atoms with Crippen LogP contribution in [0.3, 0.4) is 0 Å². The number of hydrogen-bond donors (Lipinski definition) is 1. The Kier molecular flexibility index (Phi) is 3.41. The number of hydrogen-bond acceptors (Lipinski definition) is 2. The molecule has 1 heterocycles. The van der Waals surface area contributed by atoms with Crippen molar-refractivity contribution in [3.8, 4) is 11.5 Å². The van der Waals surface area contributed by atoms with Crippen molar-refractivity contribution in [1.29, 1.82) is 0 Å². The van der Waals surface area contributed by atoms with Crippen LogP contribution >= 0.6 is 0 Å². The molecule has 2 nitrogen and oxygen atoms in total. The molecule has 0 unspecified atom stereocenters. The molecule has 0 saturated heterocycles. The van der Waals surface area contributed by atoms with E-state index in [0.717, 1.165) is 29.3 Å². The summed E-state index contributed by atoms with van der Waals surface area (Å²) in [4.78, 5) is 0. The van der Waals surface area contributed by atoms with Gasteiger partial charge in [-0.3, -0.25) is 0 Å². The van der Waals surface area contributed by atoms with Crippen LogP contribution in [0.4, 0.5) is 11.4 Å². The Morgan fingerprint density at radius 3 is 2.68 bits per heavy atom. The molecule has 98 valence electrons. The summed E-state index contributed by atoms with van der Waals surface area (Å²) < 4.78 is 5.96. The normalized spacial score (nSPS) is 12.1. The summed E-state index contributed by atoms with van der Waals surface area (Å²) in [6, 6.07) is 14.5. The van der Waals surface area contributed by atoms with Crippen molar-refractivity contribution < 1.29 is 4.74 Å². The fourth-order valence-electron chi connectivity index (χ4n) is 2.41. The van der Waals surface area contributed by atoms with Crippen LogP contribution in [0.1, 0.15) is 31.7 Å². The summed E-state index contributed by atoms with van der Waals surface area (Å²) in [5.74, 6) is 1.84. The van der Waals surface area contributed by atoms with Gasteiger partial charge in [0.2, 0.25) is 0 Å². The average Bonchev–Trinajstić information content (AvgIpc) is 2.45. The van der Waals surface area contributed by atoms with Gasteiger partial charge in [-0.2, -0.15) is 0 Å². The summed E-state index contributed by atoms with van der Waals surface area (Å²) in [5.41, 5.74) is 3.44. The third-order valence-corrected chi connectivity index (χ3v) is 3.49. The van der Waals surface area contributed by atoms with E-state index in [1.165, 1.54) is 24.8 Å². The molecule has 1 aliphatic heterocycles. The molecule has 0 radical (unpaired) electrons. The summed E-state index contributed by atoms with van der Waals surface area (Å²) in [6.07, 6.45) is 4.93. The zero-order valence-electron chi connectivity index (χ0n) is 11.3. The van der Waals surface area contributed by atoms with E-state index in [1.807, 2.05) is 24.3 Å².